The molecule has 20 heavy (non-hydrogen) atoms. The van der Waals surface area contributed by atoms with Crippen LogP contribution in [-0.4, -0.2) is 34.0 Å². The summed E-state index contributed by atoms with van der Waals surface area (Å²) in [6.07, 6.45) is 1.66. The normalized spacial score (nSPS) is 16.1. The molecule has 2 aromatic rings. The van der Waals surface area contributed by atoms with Crippen LogP contribution < -0.4 is 0 Å². The van der Waals surface area contributed by atoms with Gasteiger partial charge in [0.05, 0.1) is 18.7 Å². The Morgan fingerprint density at radius 1 is 1.50 bits per heavy atom. The van der Waals surface area contributed by atoms with E-state index >= 15 is 0 Å². The van der Waals surface area contributed by atoms with Crippen LogP contribution >= 0.6 is 11.6 Å². The summed E-state index contributed by atoms with van der Waals surface area (Å²) < 4.78 is 5.67. The molecule has 0 bridgehead atoms. The molecular weight excluding hydrogens is 280 g/mol. The van der Waals surface area contributed by atoms with Crippen LogP contribution in [-0.2, 0) is 11.3 Å². The van der Waals surface area contributed by atoms with Gasteiger partial charge in [0, 0.05) is 23.7 Å². The highest BCUT2D eigenvalue weighted by Crippen LogP contribution is 2.25. The molecule has 1 saturated heterocycles. The van der Waals surface area contributed by atoms with Crippen molar-refractivity contribution in [3.8, 4) is 11.3 Å². The van der Waals surface area contributed by atoms with Gasteiger partial charge in [0.1, 0.15) is 0 Å². The summed E-state index contributed by atoms with van der Waals surface area (Å²) in [5.74, 6) is 0.243. The van der Waals surface area contributed by atoms with Gasteiger partial charge in [0.15, 0.2) is 5.76 Å². The van der Waals surface area contributed by atoms with Crippen molar-refractivity contribution in [3.63, 3.8) is 0 Å². The lowest BCUT2D eigenvalue weighted by atomic mass is 10.0. The second-order valence-corrected chi connectivity index (χ2v) is 5.29. The summed E-state index contributed by atoms with van der Waals surface area (Å²) in [5.41, 5.74) is 0.878. The lowest BCUT2D eigenvalue weighted by molar-refractivity contribution is -0.147. The van der Waals surface area contributed by atoms with Gasteiger partial charge in [-0.15, -0.1) is 0 Å². The quantitative estimate of drug-likeness (QED) is 0.938. The standard InChI is InChI=1S/C14H13ClN2O3/c15-11-3-1-2-9(4-11)12-5-16-13(20-12)8-17-6-10(7-17)14(18)19/h1-5,10H,6-8H2,(H,18,19). The Kier molecular flexibility index (Phi) is 3.46. The summed E-state index contributed by atoms with van der Waals surface area (Å²) in [4.78, 5) is 16.9. The van der Waals surface area contributed by atoms with Gasteiger partial charge in [-0.1, -0.05) is 23.7 Å². The second-order valence-electron chi connectivity index (χ2n) is 4.86. The van der Waals surface area contributed by atoms with Crippen molar-refractivity contribution in [2.75, 3.05) is 13.1 Å². The average molecular weight is 293 g/mol. The van der Waals surface area contributed by atoms with Crippen molar-refractivity contribution >= 4 is 17.6 Å². The smallest absolute Gasteiger partial charge is 0.309 e. The van der Waals surface area contributed by atoms with E-state index in [4.69, 9.17) is 21.1 Å². The SMILES string of the molecule is O=C(O)C1CN(Cc2ncc(-c3cccc(Cl)c3)o2)C1. The zero-order chi connectivity index (χ0) is 14.1. The van der Waals surface area contributed by atoms with E-state index in [9.17, 15) is 4.79 Å². The maximum Gasteiger partial charge on any atom is 0.309 e. The van der Waals surface area contributed by atoms with Gasteiger partial charge in [0.25, 0.3) is 0 Å². The number of nitrogens with zero attached hydrogens (tertiary/aromatic N) is 2. The van der Waals surface area contributed by atoms with Crippen LogP contribution in [0, 0.1) is 5.92 Å². The highest BCUT2D eigenvalue weighted by molar-refractivity contribution is 6.30. The maximum absolute atomic E-state index is 10.7. The summed E-state index contributed by atoms with van der Waals surface area (Å²) in [5, 5.41) is 9.46. The molecule has 0 radical (unpaired) electrons. The number of carbonyl (C=O) groups is 1. The van der Waals surface area contributed by atoms with Crippen LogP contribution in [0.3, 0.4) is 0 Å². The topological polar surface area (TPSA) is 66.6 Å². The highest BCUT2D eigenvalue weighted by atomic mass is 35.5. The maximum atomic E-state index is 10.7. The first kappa shape index (κ1) is 13.1. The number of carboxylic acids is 1. The van der Waals surface area contributed by atoms with E-state index < -0.39 is 5.97 Å². The van der Waals surface area contributed by atoms with Gasteiger partial charge in [0.2, 0.25) is 5.89 Å². The van der Waals surface area contributed by atoms with Gasteiger partial charge in [-0.2, -0.15) is 0 Å². The molecule has 2 heterocycles. The molecule has 5 nitrogen and oxygen atoms in total. The van der Waals surface area contributed by atoms with Crippen LogP contribution in [0.2, 0.25) is 5.02 Å². The number of rotatable bonds is 4. The molecule has 1 N–H and O–H groups in total. The molecule has 6 heteroatoms. The van der Waals surface area contributed by atoms with Gasteiger partial charge in [-0.25, -0.2) is 4.98 Å². The van der Waals surface area contributed by atoms with Gasteiger partial charge >= 0.3 is 5.97 Å². The third-order valence-electron chi connectivity index (χ3n) is 3.33. The Morgan fingerprint density at radius 3 is 3.00 bits per heavy atom. The van der Waals surface area contributed by atoms with Crippen LogP contribution in [0.15, 0.2) is 34.9 Å². The first-order valence-corrected chi connectivity index (χ1v) is 6.65. The van der Waals surface area contributed by atoms with E-state index in [-0.39, 0.29) is 5.92 Å². The van der Waals surface area contributed by atoms with E-state index in [1.165, 1.54) is 0 Å². The molecule has 3 rings (SSSR count). The molecule has 0 aliphatic carbocycles. The Morgan fingerprint density at radius 2 is 2.30 bits per heavy atom. The fraction of sp³-hybridized carbons (Fsp3) is 0.286. The first-order valence-electron chi connectivity index (χ1n) is 6.27. The number of likely N-dealkylation sites (tertiary alicyclic amines) is 1. The molecule has 0 atom stereocenters. The summed E-state index contributed by atoms with van der Waals surface area (Å²) in [7, 11) is 0. The molecule has 1 aliphatic heterocycles. The lowest BCUT2D eigenvalue weighted by Gasteiger charge is -2.35. The monoisotopic (exact) mass is 292 g/mol. The fourth-order valence-electron chi connectivity index (χ4n) is 2.21. The van der Waals surface area contributed by atoms with Crippen molar-refractivity contribution in [1.82, 2.24) is 9.88 Å². The molecule has 0 saturated carbocycles. The summed E-state index contributed by atoms with van der Waals surface area (Å²) >= 11 is 5.94. The minimum absolute atomic E-state index is 0.266. The van der Waals surface area contributed by atoms with E-state index in [2.05, 4.69) is 4.98 Å². The van der Waals surface area contributed by atoms with Crippen LogP contribution in [0.5, 0.6) is 0 Å². The van der Waals surface area contributed by atoms with Gasteiger partial charge in [-0.3, -0.25) is 9.69 Å². The van der Waals surface area contributed by atoms with Crippen molar-refractivity contribution in [3.05, 3.63) is 41.4 Å². The molecule has 1 aromatic heterocycles. The van der Waals surface area contributed by atoms with Gasteiger partial charge in [-0.05, 0) is 12.1 Å². The molecule has 0 amide bonds. The third kappa shape index (κ3) is 2.69. The lowest BCUT2D eigenvalue weighted by Crippen LogP contribution is -2.49. The number of hydrogen-bond donors (Lipinski definition) is 1. The number of aromatic nitrogens is 1. The molecule has 1 aromatic carbocycles. The molecule has 104 valence electrons. The van der Waals surface area contributed by atoms with E-state index in [0.717, 1.165) is 5.56 Å². The fourth-order valence-corrected chi connectivity index (χ4v) is 2.40. The Balaban J connectivity index is 1.65. The van der Waals surface area contributed by atoms with E-state index in [0.29, 0.717) is 36.3 Å². The summed E-state index contributed by atoms with van der Waals surface area (Å²) in [6, 6.07) is 7.37. The molecule has 0 spiro atoms. The molecule has 0 unspecified atom stereocenters. The second kappa shape index (κ2) is 5.26. The van der Waals surface area contributed by atoms with E-state index in [1.54, 1.807) is 12.3 Å². The minimum atomic E-state index is -0.742. The average Bonchev–Trinajstić information content (AvgIpc) is 2.81. The number of carboxylic acid groups (broad SMARTS) is 1. The number of benzene rings is 1. The predicted molar refractivity (Wildman–Crippen MR) is 73.4 cm³/mol. The predicted octanol–water partition coefficient (Wildman–Crippen LogP) is 2.51. The Labute approximate surface area is 120 Å². The zero-order valence-corrected chi connectivity index (χ0v) is 11.4. The molecule has 1 fully saturated rings. The van der Waals surface area contributed by atoms with E-state index in [1.807, 2.05) is 23.1 Å². The molecular formula is C14H13ClN2O3. The van der Waals surface area contributed by atoms with Crippen molar-refractivity contribution < 1.29 is 14.3 Å². The highest BCUT2D eigenvalue weighted by Gasteiger charge is 2.33. The minimum Gasteiger partial charge on any atom is -0.481 e. The number of hydrogen-bond acceptors (Lipinski definition) is 4. The Hall–Kier alpha value is -1.85. The zero-order valence-electron chi connectivity index (χ0n) is 10.6. The number of oxazole rings is 1. The Bertz CT molecular complexity index is 635. The van der Waals surface area contributed by atoms with Crippen molar-refractivity contribution in [2.45, 2.75) is 6.54 Å². The van der Waals surface area contributed by atoms with Crippen molar-refractivity contribution in [1.29, 1.82) is 0 Å². The number of halogens is 1. The van der Waals surface area contributed by atoms with Gasteiger partial charge < -0.3 is 9.52 Å². The van der Waals surface area contributed by atoms with Crippen molar-refractivity contribution in [2.24, 2.45) is 5.92 Å². The van der Waals surface area contributed by atoms with Crippen LogP contribution in [0.1, 0.15) is 5.89 Å². The largest absolute Gasteiger partial charge is 0.481 e. The number of aliphatic carboxylic acids is 1. The third-order valence-corrected chi connectivity index (χ3v) is 3.56. The van der Waals surface area contributed by atoms with Crippen LogP contribution in [0.4, 0.5) is 0 Å². The molecule has 1 aliphatic rings. The first-order chi connectivity index (χ1) is 9.61. The summed E-state index contributed by atoms with van der Waals surface area (Å²) in [6.45, 7) is 1.62. The van der Waals surface area contributed by atoms with Crippen LogP contribution in [0.25, 0.3) is 11.3 Å².